The van der Waals surface area contributed by atoms with Crippen LogP contribution in [0, 0.1) is 0 Å². The molecule has 9 heteroatoms. The fourth-order valence-electron chi connectivity index (χ4n) is 3.73. The zero-order valence-corrected chi connectivity index (χ0v) is 16.9. The van der Waals surface area contributed by atoms with Crippen molar-refractivity contribution < 1.29 is 22.7 Å². The SMILES string of the molecule is O=C(COC(=O)CN=C1NS(=O)(=O)c2ccccc21)N[C@@H]1CCCc2ccccc21. The Balaban J connectivity index is 1.31. The van der Waals surface area contributed by atoms with Crippen LogP contribution in [0.25, 0.3) is 0 Å². The molecule has 4 rings (SSSR count). The molecule has 2 aliphatic rings. The van der Waals surface area contributed by atoms with E-state index in [1.165, 1.54) is 11.6 Å². The van der Waals surface area contributed by atoms with Crippen LogP contribution in [-0.4, -0.2) is 39.3 Å². The molecule has 1 amide bonds. The summed E-state index contributed by atoms with van der Waals surface area (Å²) in [5, 5.41) is 2.91. The summed E-state index contributed by atoms with van der Waals surface area (Å²) in [5.74, 6) is -1.01. The van der Waals surface area contributed by atoms with Gasteiger partial charge in [-0.05, 0) is 42.5 Å². The van der Waals surface area contributed by atoms with E-state index in [0.717, 1.165) is 24.8 Å². The molecule has 1 aliphatic carbocycles. The Bertz CT molecular complexity index is 1130. The molecule has 0 saturated heterocycles. The molecule has 0 bridgehead atoms. The number of carbonyl (C=O) groups is 2. The second-order valence-electron chi connectivity index (χ2n) is 7.14. The van der Waals surface area contributed by atoms with E-state index in [2.05, 4.69) is 21.1 Å². The number of nitrogens with one attached hydrogen (secondary N) is 2. The normalized spacial score (nSPS) is 20.0. The van der Waals surface area contributed by atoms with Gasteiger partial charge < -0.3 is 10.1 Å². The van der Waals surface area contributed by atoms with Crippen molar-refractivity contribution in [2.45, 2.75) is 30.2 Å². The molecule has 2 N–H and O–H groups in total. The number of esters is 1. The molecular weight excluding hydrogens is 406 g/mol. The molecule has 0 fully saturated rings. The second-order valence-corrected chi connectivity index (χ2v) is 8.79. The summed E-state index contributed by atoms with van der Waals surface area (Å²) in [7, 11) is -3.67. The van der Waals surface area contributed by atoms with Crippen molar-refractivity contribution >= 4 is 27.7 Å². The molecule has 2 aromatic rings. The van der Waals surface area contributed by atoms with Gasteiger partial charge in [-0.1, -0.05) is 36.4 Å². The van der Waals surface area contributed by atoms with Gasteiger partial charge in [0.15, 0.2) is 6.61 Å². The zero-order valence-electron chi connectivity index (χ0n) is 16.1. The summed E-state index contributed by atoms with van der Waals surface area (Å²) in [4.78, 5) is 28.3. The topological polar surface area (TPSA) is 114 Å². The molecule has 1 heterocycles. The smallest absolute Gasteiger partial charge is 0.328 e. The Morgan fingerprint density at radius 1 is 1.13 bits per heavy atom. The standard InChI is InChI=1S/C21H21N3O5S/c25-19(23-17-10-5-7-14-6-1-2-8-15(14)17)13-29-20(26)12-22-21-16-9-3-4-11-18(16)30(27,28)24-21/h1-4,6,8-9,11,17H,5,7,10,12-13H2,(H,22,24)(H,23,25)/t17-/m1/s1. The number of hydrogen-bond donors (Lipinski definition) is 2. The molecule has 1 aliphatic heterocycles. The van der Waals surface area contributed by atoms with Crippen molar-refractivity contribution in [1.82, 2.24) is 10.0 Å². The summed E-state index contributed by atoms with van der Waals surface area (Å²) in [6, 6.07) is 14.3. The van der Waals surface area contributed by atoms with E-state index in [1.54, 1.807) is 18.2 Å². The number of amides is 1. The lowest BCUT2D eigenvalue weighted by molar-refractivity contribution is -0.147. The zero-order chi connectivity index (χ0) is 21.1. The van der Waals surface area contributed by atoms with Crippen molar-refractivity contribution in [3.63, 3.8) is 0 Å². The van der Waals surface area contributed by atoms with Gasteiger partial charge in [0.05, 0.1) is 10.9 Å². The second kappa shape index (κ2) is 8.27. The third kappa shape index (κ3) is 4.20. The summed E-state index contributed by atoms with van der Waals surface area (Å²) < 4.78 is 31.4. The molecule has 0 aromatic heterocycles. The first-order chi connectivity index (χ1) is 14.4. The monoisotopic (exact) mass is 427 g/mol. The summed E-state index contributed by atoms with van der Waals surface area (Å²) >= 11 is 0. The Labute approximate surface area is 174 Å². The minimum Gasteiger partial charge on any atom is -0.454 e. The fraction of sp³-hybridized carbons (Fsp3) is 0.286. The lowest BCUT2D eigenvalue weighted by Crippen LogP contribution is -2.34. The highest BCUT2D eigenvalue weighted by Gasteiger charge is 2.30. The molecule has 0 spiro atoms. The maximum absolute atomic E-state index is 12.2. The van der Waals surface area contributed by atoms with Crippen LogP contribution in [-0.2, 0) is 30.8 Å². The molecule has 0 unspecified atom stereocenters. The number of hydrogen-bond acceptors (Lipinski definition) is 6. The quantitative estimate of drug-likeness (QED) is 0.702. The van der Waals surface area contributed by atoms with E-state index < -0.39 is 29.1 Å². The lowest BCUT2D eigenvalue weighted by atomic mass is 9.88. The van der Waals surface area contributed by atoms with E-state index in [1.807, 2.05) is 18.2 Å². The molecule has 156 valence electrons. The molecule has 0 saturated carbocycles. The van der Waals surface area contributed by atoms with Gasteiger partial charge in [-0.25, -0.2) is 8.42 Å². The Hall–Kier alpha value is -3.20. The van der Waals surface area contributed by atoms with Crippen LogP contribution in [0.15, 0.2) is 58.4 Å². The van der Waals surface area contributed by atoms with Crippen LogP contribution >= 0.6 is 0 Å². The van der Waals surface area contributed by atoms with Crippen molar-refractivity contribution in [2.24, 2.45) is 4.99 Å². The van der Waals surface area contributed by atoms with Gasteiger partial charge in [-0.2, -0.15) is 0 Å². The van der Waals surface area contributed by atoms with Gasteiger partial charge in [0, 0.05) is 5.56 Å². The van der Waals surface area contributed by atoms with E-state index in [4.69, 9.17) is 4.74 Å². The average Bonchev–Trinajstić information content (AvgIpc) is 3.01. The number of fused-ring (bicyclic) bond motifs is 2. The van der Waals surface area contributed by atoms with Crippen molar-refractivity contribution in [3.8, 4) is 0 Å². The van der Waals surface area contributed by atoms with Gasteiger partial charge in [0.25, 0.3) is 15.9 Å². The third-order valence-corrected chi connectivity index (χ3v) is 6.50. The first-order valence-electron chi connectivity index (χ1n) is 9.63. The average molecular weight is 427 g/mol. The van der Waals surface area contributed by atoms with Gasteiger partial charge in [-0.15, -0.1) is 0 Å². The Morgan fingerprint density at radius 3 is 2.77 bits per heavy atom. The number of sulfonamides is 1. The summed E-state index contributed by atoms with van der Waals surface area (Å²) in [5.41, 5.74) is 2.72. The molecule has 0 radical (unpaired) electrons. The highest BCUT2D eigenvalue weighted by molar-refractivity contribution is 7.90. The van der Waals surface area contributed by atoms with Crippen LogP contribution < -0.4 is 10.0 Å². The Morgan fingerprint density at radius 2 is 1.90 bits per heavy atom. The van der Waals surface area contributed by atoms with Gasteiger partial charge in [0.2, 0.25) is 0 Å². The largest absolute Gasteiger partial charge is 0.454 e. The fourth-order valence-corrected chi connectivity index (χ4v) is 4.98. The minimum absolute atomic E-state index is 0.0887. The van der Waals surface area contributed by atoms with Crippen LogP contribution in [0.3, 0.4) is 0 Å². The lowest BCUT2D eigenvalue weighted by Gasteiger charge is -2.26. The number of aryl methyl sites for hydroxylation is 1. The van der Waals surface area contributed by atoms with Gasteiger partial charge in [-0.3, -0.25) is 19.3 Å². The predicted molar refractivity (Wildman–Crippen MR) is 109 cm³/mol. The van der Waals surface area contributed by atoms with Crippen LogP contribution in [0.2, 0.25) is 0 Å². The van der Waals surface area contributed by atoms with E-state index >= 15 is 0 Å². The van der Waals surface area contributed by atoms with Crippen LogP contribution in [0.1, 0.15) is 35.6 Å². The van der Waals surface area contributed by atoms with Crippen LogP contribution in [0.4, 0.5) is 0 Å². The first-order valence-corrected chi connectivity index (χ1v) is 11.1. The van der Waals surface area contributed by atoms with Crippen LogP contribution in [0.5, 0.6) is 0 Å². The highest BCUT2D eigenvalue weighted by Crippen LogP contribution is 2.29. The number of amidine groups is 1. The maximum Gasteiger partial charge on any atom is 0.328 e. The van der Waals surface area contributed by atoms with E-state index in [9.17, 15) is 18.0 Å². The van der Waals surface area contributed by atoms with E-state index in [0.29, 0.717) is 5.56 Å². The summed E-state index contributed by atoms with van der Waals surface area (Å²) in [6.07, 6.45) is 2.81. The predicted octanol–water partition coefficient (Wildman–Crippen LogP) is 1.46. The number of aliphatic imine (C=N–C) groups is 1. The van der Waals surface area contributed by atoms with Crippen molar-refractivity contribution in [3.05, 3.63) is 65.2 Å². The molecule has 1 atom stereocenters. The number of carbonyl (C=O) groups excluding carboxylic acids is 2. The van der Waals surface area contributed by atoms with Gasteiger partial charge >= 0.3 is 5.97 Å². The summed E-state index contributed by atoms with van der Waals surface area (Å²) in [6.45, 7) is -0.809. The number of ether oxygens (including phenoxy) is 1. The first kappa shape index (κ1) is 20.1. The number of rotatable bonds is 5. The molecule has 2 aromatic carbocycles. The van der Waals surface area contributed by atoms with Gasteiger partial charge in [0.1, 0.15) is 12.4 Å². The maximum atomic E-state index is 12.2. The number of nitrogens with zero attached hydrogens (tertiary/aromatic N) is 1. The third-order valence-electron chi connectivity index (χ3n) is 5.10. The highest BCUT2D eigenvalue weighted by atomic mass is 32.2. The van der Waals surface area contributed by atoms with Crippen molar-refractivity contribution in [2.75, 3.05) is 13.2 Å². The van der Waals surface area contributed by atoms with E-state index in [-0.39, 0.29) is 22.7 Å². The molecular formula is C21H21N3O5S. The minimum atomic E-state index is -3.67. The van der Waals surface area contributed by atoms with Crippen molar-refractivity contribution in [1.29, 1.82) is 0 Å². The Kier molecular flexibility index (Phi) is 5.54. The number of benzene rings is 2. The molecule has 30 heavy (non-hydrogen) atoms. The molecule has 8 nitrogen and oxygen atoms in total.